The van der Waals surface area contributed by atoms with E-state index in [1.165, 1.54) is 0 Å². The molecule has 1 fully saturated rings. The van der Waals surface area contributed by atoms with Crippen LogP contribution in [0.4, 0.5) is 0 Å². The third kappa shape index (κ3) is 3.57. The molecule has 2 aromatic carbocycles. The summed E-state index contributed by atoms with van der Waals surface area (Å²) < 4.78 is 32.8. The molecule has 122 valence electrons. The van der Waals surface area contributed by atoms with Crippen LogP contribution in [-0.4, -0.2) is 25.3 Å². The van der Waals surface area contributed by atoms with Crippen molar-refractivity contribution in [3.05, 3.63) is 54.6 Å². The lowest BCUT2D eigenvalue weighted by Crippen LogP contribution is -2.41. The summed E-state index contributed by atoms with van der Waals surface area (Å²) in [6, 6.07) is 16.1. The van der Waals surface area contributed by atoms with Gasteiger partial charge in [0.05, 0.1) is 4.90 Å². The van der Waals surface area contributed by atoms with Gasteiger partial charge in [0.15, 0.2) is 0 Å². The Morgan fingerprint density at radius 1 is 0.957 bits per heavy atom. The average Bonchev–Trinajstić information content (AvgIpc) is 2.56. The van der Waals surface area contributed by atoms with Gasteiger partial charge in [0.1, 0.15) is 11.5 Å². The largest absolute Gasteiger partial charge is 0.457 e. The van der Waals surface area contributed by atoms with Crippen molar-refractivity contribution in [3.63, 3.8) is 0 Å². The van der Waals surface area contributed by atoms with Crippen LogP contribution in [0.1, 0.15) is 26.2 Å². The van der Waals surface area contributed by atoms with Gasteiger partial charge in [-0.1, -0.05) is 24.6 Å². The Kier molecular flexibility index (Phi) is 4.68. The summed E-state index contributed by atoms with van der Waals surface area (Å²) in [5.74, 6) is 1.36. The molecule has 2 aromatic rings. The van der Waals surface area contributed by atoms with Crippen molar-refractivity contribution in [2.75, 3.05) is 6.54 Å². The van der Waals surface area contributed by atoms with Crippen LogP contribution < -0.4 is 4.74 Å². The van der Waals surface area contributed by atoms with Crippen molar-refractivity contribution in [3.8, 4) is 11.5 Å². The molecule has 0 aliphatic carbocycles. The summed E-state index contributed by atoms with van der Waals surface area (Å²) in [7, 11) is -3.42. The summed E-state index contributed by atoms with van der Waals surface area (Å²) >= 11 is 0. The SMILES string of the molecule is C[C@@H]1CCCCN1S(=O)(=O)c1ccc(Oc2ccccc2)cc1. The molecule has 4 nitrogen and oxygen atoms in total. The molecule has 1 aliphatic heterocycles. The zero-order chi connectivity index (χ0) is 16.3. The highest BCUT2D eigenvalue weighted by molar-refractivity contribution is 7.89. The fourth-order valence-corrected chi connectivity index (χ4v) is 4.57. The predicted molar refractivity (Wildman–Crippen MR) is 90.2 cm³/mol. The number of benzene rings is 2. The van der Waals surface area contributed by atoms with Gasteiger partial charge in [-0.15, -0.1) is 0 Å². The Bertz CT molecular complexity index is 742. The molecule has 1 atom stereocenters. The van der Waals surface area contributed by atoms with Crippen LogP contribution >= 0.6 is 0 Å². The Morgan fingerprint density at radius 3 is 2.26 bits per heavy atom. The molecule has 0 spiro atoms. The minimum absolute atomic E-state index is 0.0639. The molecule has 3 rings (SSSR count). The zero-order valence-electron chi connectivity index (χ0n) is 13.2. The molecule has 23 heavy (non-hydrogen) atoms. The molecular formula is C18H21NO3S. The van der Waals surface area contributed by atoms with Crippen LogP contribution in [0.5, 0.6) is 11.5 Å². The fraction of sp³-hybridized carbons (Fsp3) is 0.333. The quantitative estimate of drug-likeness (QED) is 0.849. The molecule has 0 N–H and O–H groups in total. The van der Waals surface area contributed by atoms with Crippen molar-refractivity contribution < 1.29 is 13.2 Å². The highest BCUT2D eigenvalue weighted by Crippen LogP contribution is 2.27. The van der Waals surface area contributed by atoms with E-state index in [1.54, 1.807) is 28.6 Å². The second kappa shape index (κ2) is 6.72. The summed E-state index contributed by atoms with van der Waals surface area (Å²) in [6.07, 6.45) is 2.95. The molecule has 0 unspecified atom stereocenters. The number of rotatable bonds is 4. The van der Waals surface area contributed by atoms with Gasteiger partial charge in [-0.3, -0.25) is 0 Å². The van der Waals surface area contributed by atoms with Gasteiger partial charge < -0.3 is 4.74 Å². The summed E-state index contributed by atoms with van der Waals surface area (Å²) in [6.45, 7) is 2.58. The minimum Gasteiger partial charge on any atom is -0.457 e. The smallest absolute Gasteiger partial charge is 0.243 e. The van der Waals surface area contributed by atoms with Gasteiger partial charge in [0.2, 0.25) is 10.0 Å². The van der Waals surface area contributed by atoms with E-state index in [2.05, 4.69) is 0 Å². The molecule has 1 heterocycles. The van der Waals surface area contributed by atoms with Gasteiger partial charge >= 0.3 is 0 Å². The molecule has 5 heteroatoms. The Balaban J connectivity index is 1.78. The van der Waals surface area contributed by atoms with Gasteiger partial charge in [0.25, 0.3) is 0 Å². The molecule has 0 radical (unpaired) electrons. The lowest BCUT2D eigenvalue weighted by molar-refractivity contribution is 0.268. The Hall–Kier alpha value is -1.85. The average molecular weight is 331 g/mol. The fourth-order valence-electron chi connectivity index (χ4n) is 2.87. The highest BCUT2D eigenvalue weighted by Gasteiger charge is 2.30. The number of ether oxygens (including phenoxy) is 1. The van der Waals surface area contributed by atoms with Gasteiger partial charge in [-0.05, 0) is 56.2 Å². The molecule has 1 saturated heterocycles. The zero-order valence-corrected chi connectivity index (χ0v) is 14.0. The molecular weight excluding hydrogens is 310 g/mol. The third-order valence-corrected chi connectivity index (χ3v) is 6.18. The Morgan fingerprint density at radius 2 is 1.61 bits per heavy atom. The van der Waals surface area contributed by atoms with Gasteiger partial charge in [0, 0.05) is 12.6 Å². The number of hydrogen-bond donors (Lipinski definition) is 0. The van der Waals surface area contributed by atoms with E-state index < -0.39 is 10.0 Å². The molecule has 0 bridgehead atoms. The lowest BCUT2D eigenvalue weighted by Gasteiger charge is -2.32. The molecule has 0 saturated carbocycles. The first-order valence-corrected chi connectivity index (χ1v) is 9.36. The van der Waals surface area contributed by atoms with Crippen molar-refractivity contribution >= 4 is 10.0 Å². The predicted octanol–water partition coefficient (Wildman–Crippen LogP) is 4.04. The number of hydrogen-bond acceptors (Lipinski definition) is 3. The van der Waals surface area contributed by atoms with Crippen LogP contribution in [0.15, 0.2) is 59.5 Å². The minimum atomic E-state index is -3.42. The number of sulfonamides is 1. The van der Waals surface area contributed by atoms with Gasteiger partial charge in [-0.25, -0.2) is 8.42 Å². The van der Waals surface area contributed by atoms with E-state index in [4.69, 9.17) is 4.74 Å². The summed E-state index contributed by atoms with van der Waals surface area (Å²) in [4.78, 5) is 0.326. The van der Waals surface area contributed by atoms with Crippen LogP contribution in [0, 0.1) is 0 Å². The van der Waals surface area contributed by atoms with E-state index in [1.807, 2.05) is 37.3 Å². The maximum Gasteiger partial charge on any atom is 0.243 e. The second-order valence-corrected chi connectivity index (χ2v) is 7.74. The van der Waals surface area contributed by atoms with E-state index in [-0.39, 0.29) is 6.04 Å². The van der Waals surface area contributed by atoms with Crippen LogP contribution in [0.25, 0.3) is 0 Å². The summed E-state index contributed by atoms with van der Waals surface area (Å²) in [5, 5.41) is 0. The topological polar surface area (TPSA) is 46.6 Å². The number of nitrogens with zero attached hydrogens (tertiary/aromatic N) is 1. The first kappa shape index (κ1) is 16.0. The first-order valence-electron chi connectivity index (χ1n) is 7.92. The van der Waals surface area contributed by atoms with E-state index in [0.29, 0.717) is 17.2 Å². The molecule has 1 aliphatic rings. The van der Waals surface area contributed by atoms with Crippen molar-refractivity contribution in [2.24, 2.45) is 0 Å². The van der Waals surface area contributed by atoms with Crippen molar-refractivity contribution in [1.29, 1.82) is 0 Å². The normalized spacial score (nSPS) is 19.4. The maximum absolute atomic E-state index is 12.8. The van der Waals surface area contributed by atoms with Crippen LogP contribution in [-0.2, 0) is 10.0 Å². The highest BCUT2D eigenvalue weighted by atomic mass is 32.2. The van der Waals surface area contributed by atoms with E-state index >= 15 is 0 Å². The van der Waals surface area contributed by atoms with Crippen LogP contribution in [0.2, 0.25) is 0 Å². The Labute approximate surface area is 137 Å². The van der Waals surface area contributed by atoms with Crippen molar-refractivity contribution in [1.82, 2.24) is 4.31 Å². The number of piperidine rings is 1. The first-order chi connectivity index (χ1) is 11.1. The molecule has 0 amide bonds. The van der Waals surface area contributed by atoms with E-state index in [0.717, 1.165) is 25.0 Å². The van der Waals surface area contributed by atoms with Crippen molar-refractivity contribution in [2.45, 2.75) is 37.1 Å². The van der Waals surface area contributed by atoms with Crippen LogP contribution in [0.3, 0.4) is 0 Å². The van der Waals surface area contributed by atoms with Gasteiger partial charge in [-0.2, -0.15) is 4.31 Å². The molecule has 0 aromatic heterocycles. The second-order valence-electron chi connectivity index (χ2n) is 5.85. The monoisotopic (exact) mass is 331 g/mol. The van der Waals surface area contributed by atoms with E-state index in [9.17, 15) is 8.42 Å². The maximum atomic E-state index is 12.8. The number of para-hydroxylation sites is 1. The lowest BCUT2D eigenvalue weighted by atomic mass is 10.1. The third-order valence-electron chi connectivity index (χ3n) is 4.15. The summed E-state index contributed by atoms with van der Waals surface area (Å²) in [5.41, 5.74) is 0. The standard InChI is InChI=1S/C18H21NO3S/c1-15-7-5-6-14-19(15)23(20,21)18-12-10-17(11-13-18)22-16-8-3-2-4-9-16/h2-4,8-13,15H,5-7,14H2,1H3/t15-/m1/s1.